The van der Waals surface area contributed by atoms with Gasteiger partial charge >= 0.3 is 12.1 Å². The van der Waals surface area contributed by atoms with Gasteiger partial charge in [-0.3, -0.25) is 10.1 Å². The highest BCUT2D eigenvalue weighted by Crippen LogP contribution is 2.53. The predicted molar refractivity (Wildman–Crippen MR) is 140 cm³/mol. The molecule has 3 aromatic heterocycles. The Morgan fingerprint density at radius 2 is 1.86 bits per heavy atom. The number of carbonyl (C=O) groups excluding carboxylic acids is 2. The summed E-state index contributed by atoms with van der Waals surface area (Å²) in [6.45, 7) is 3.66. The average Bonchev–Trinajstić information content (AvgIpc) is 3.28. The molecule has 35 heavy (non-hydrogen) atoms. The van der Waals surface area contributed by atoms with Crippen molar-refractivity contribution in [1.82, 2.24) is 4.37 Å². The summed E-state index contributed by atoms with van der Waals surface area (Å²) in [7, 11) is 1.44. The van der Waals surface area contributed by atoms with Crippen molar-refractivity contribution in [1.29, 1.82) is 0 Å². The number of thiophene rings is 2. The number of amides is 1. The van der Waals surface area contributed by atoms with Crippen LogP contribution in [0.25, 0.3) is 9.40 Å². The van der Waals surface area contributed by atoms with E-state index in [0.717, 1.165) is 37.6 Å². The fourth-order valence-electron chi connectivity index (χ4n) is 3.81. The molecule has 0 aliphatic heterocycles. The number of nitrogens with zero attached hydrogens (tertiary/aromatic N) is 1. The van der Waals surface area contributed by atoms with Gasteiger partial charge in [0.15, 0.2) is 0 Å². The van der Waals surface area contributed by atoms with Crippen molar-refractivity contribution >= 4 is 61.4 Å². The van der Waals surface area contributed by atoms with Gasteiger partial charge in [0.25, 0.3) is 0 Å². The molecule has 9 heteroatoms. The van der Waals surface area contributed by atoms with Crippen LogP contribution in [0.4, 0.5) is 10.5 Å². The number of rotatable bonds is 5. The van der Waals surface area contributed by atoms with E-state index in [1.165, 1.54) is 18.6 Å². The van der Waals surface area contributed by atoms with E-state index < -0.39 is 11.5 Å². The fourth-order valence-corrected chi connectivity index (χ4v) is 7.00. The lowest BCUT2D eigenvalue weighted by atomic mass is 10.1. The molecule has 6 nitrogen and oxygen atoms in total. The van der Waals surface area contributed by atoms with Gasteiger partial charge in [-0.25, -0.2) is 4.79 Å². The molecule has 1 aliphatic rings. The predicted octanol–water partition coefficient (Wildman–Crippen LogP) is 6.64. The number of ether oxygens (including phenoxy) is 2. The van der Waals surface area contributed by atoms with Crippen molar-refractivity contribution in [2.24, 2.45) is 0 Å². The van der Waals surface area contributed by atoms with Crippen LogP contribution >= 0.6 is 34.2 Å². The Kier molecular flexibility index (Phi) is 6.36. The molecule has 0 saturated heterocycles. The standard InChI is InChI=1S/C26H22N2O4S3/c1-15-23(27-25(30)32-16(2)17-7-5-4-6-8-17)19(35-28-15)10-9-18-13-20-21(33-18)14-22(34-20)26(11-12-26)24(29)31-3/h4-8,13-14,16H,11-12H2,1-3H3,(H,27,30)/t16-/m1/s1. The van der Waals surface area contributed by atoms with Crippen LogP contribution in [0.5, 0.6) is 0 Å². The molecule has 1 saturated carbocycles. The molecule has 178 valence electrons. The van der Waals surface area contributed by atoms with Crippen molar-refractivity contribution in [3.05, 3.63) is 68.4 Å². The van der Waals surface area contributed by atoms with Crippen LogP contribution < -0.4 is 5.32 Å². The summed E-state index contributed by atoms with van der Waals surface area (Å²) in [5.41, 5.74) is 1.74. The Bertz CT molecular complexity index is 1440. The van der Waals surface area contributed by atoms with Gasteiger partial charge in [0, 0.05) is 14.3 Å². The monoisotopic (exact) mass is 522 g/mol. The van der Waals surface area contributed by atoms with Gasteiger partial charge in [-0.2, -0.15) is 4.37 Å². The number of anilines is 1. The molecule has 1 N–H and O–H groups in total. The second-order valence-electron chi connectivity index (χ2n) is 8.33. The van der Waals surface area contributed by atoms with Crippen LogP contribution in [0.2, 0.25) is 0 Å². The van der Waals surface area contributed by atoms with Crippen LogP contribution in [0.3, 0.4) is 0 Å². The van der Waals surface area contributed by atoms with Gasteiger partial charge in [0.05, 0.1) is 23.4 Å². The molecule has 1 fully saturated rings. The van der Waals surface area contributed by atoms with E-state index in [2.05, 4.69) is 27.6 Å². The van der Waals surface area contributed by atoms with Crippen molar-refractivity contribution < 1.29 is 19.1 Å². The van der Waals surface area contributed by atoms with E-state index >= 15 is 0 Å². The largest absolute Gasteiger partial charge is 0.468 e. The van der Waals surface area contributed by atoms with E-state index in [9.17, 15) is 9.59 Å². The number of aryl methyl sites for hydroxylation is 1. The van der Waals surface area contributed by atoms with Crippen LogP contribution in [0, 0.1) is 18.8 Å². The smallest absolute Gasteiger partial charge is 0.412 e. The van der Waals surface area contributed by atoms with Crippen molar-refractivity contribution in [2.75, 3.05) is 12.4 Å². The highest BCUT2D eigenvalue weighted by molar-refractivity contribution is 7.28. The molecule has 0 spiro atoms. The highest BCUT2D eigenvalue weighted by Gasteiger charge is 2.53. The van der Waals surface area contributed by atoms with Gasteiger partial charge < -0.3 is 9.47 Å². The summed E-state index contributed by atoms with van der Waals surface area (Å²) in [5, 5.41) is 2.81. The molecule has 1 aromatic carbocycles. The van der Waals surface area contributed by atoms with Gasteiger partial charge in [-0.05, 0) is 67.8 Å². The molecule has 1 aliphatic carbocycles. The Morgan fingerprint density at radius 1 is 1.11 bits per heavy atom. The first-order chi connectivity index (χ1) is 16.9. The van der Waals surface area contributed by atoms with Crippen LogP contribution in [0.1, 0.15) is 51.8 Å². The Morgan fingerprint density at radius 3 is 2.54 bits per heavy atom. The van der Waals surface area contributed by atoms with E-state index in [4.69, 9.17) is 9.47 Å². The van der Waals surface area contributed by atoms with Gasteiger partial charge in [-0.15, -0.1) is 22.7 Å². The topological polar surface area (TPSA) is 77.5 Å². The van der Waals surface area contributed by atoms with E-state index in [1.54, 1.807) is 22.7 Å². The Labute approximate surface area is 215 Å². The first-order valence-electron chi connectivity index (χ1n) is 11.0. The lowest BCUT2D eigenvalue weighted by Crippen LogP contribution is -2.20. The van der Waals surface area contributed by atoms with E-state index in [1.807, 2.05) is 50.2 Å². The summed E-state index contributed by atoms with van der Waals surface area (Å²) >= 11 is 4.46. The summed E-state index contributed by atoms with van der Waals surface area (Å²) in [6.07, 6.45) is 0.757. The molecule has 0 radical (unpaired) electrons. The SMILES string of the molecule is COC(=O)C1(c2cc3sc(C#Cc4snc(C)c4NC(=O)O[C@H](C)c4ccccc4)cc3s2)CC1. The molecule has 0 unspecified atom stereocenters. The lowest BCUT2D eigenvalue weighted by molar-refractivity contribution is -0.143. The van der Waals surface area contributed by atoms with Crippen LogP contribution in [0.15, 0.2) is 42.5 Å². The quantitative estimate of drug-likeness (QED) is 0.235. The van der Waals surface area contributed by atoms with Crippen molar-refractivity contribution in [3.8, 4) is 11.8 Å². The van der Waals surface area contributed by atoms with Crippen LogP contribution in [-0.2, 0) is 19.7 Å². The van der Waals surface area contributed by atoms with E-state index in [-0.39, 0.29) is 12.1 Å². The van der Waals surface area contributed by atoms with Gasteiger partial charge in [-0.1, -0.05) is 30.3 Å². The number of methoxy groups -OCH3 is 1. The van der Waals surface area contributed by atoms with Crippen molar-refractivity contribution in [3.63, 3.8) is 0 Å². The minimum Gasteiger partial charge on any atom is -0.468 e. The maximum atomic E-state index is 12.5. The molecule has 5 rings (SSSR count). The number of hydrogen-bond acceptors (Lipinski definition) is 8. The molecular weight excluding hydrogens is 500 g/mol. The molecule has 3 heterocycles. The Hall–Kier alpha value is -3.19. The minimum atomic E-state index is -0.545. The zero-order valence-corrected chi connectivity index (χ0v) is 21.8. The number of carbonyl (C=O) groups is 2. The number of fused-ring (bicyclic) bond motifs is 1. The number of benzene rings is 1. The Balaban J connectivity index is 1.30. The van der Waals surface area contributed by atoms with Gasteiger partial charge in [0.2, 0.25) is 0 Å². The fraction of sp³-hybridized carbons (Fsp3) is 0.269. The first-order valence-corrected chi connectivity index (χ1v) is 13.4. The second-order valence-corrected chi connectivity index (χ2v) is 11.3. The lowest BCUT2D eigenvalue weighted by Gasteiger charge is -2.14. The average molecular weight is 523 g/mol. The molecule has 4 aromatic rings. The second kappa shape index (κ2) is 9.46. The zero-order valence-electron chi connectivity index (χ0n) is 19.3. The number of esters is 1. The maximum Gasteiger partial charge on any atom is 0.412 e. The third-order valence-corrected chi connectivity index (χ3v) is 9.21. The molecule has 1 atom stereocenters. The third-order valence-electron chi connectivity index (χ3n) is 5.95. The highest BCUT2D eigenvalue weighted by atomic mass is 32.1. The zero-order chi connectivity index (χ0) is 24.6. The normalized spacial score (nSPS) is 14.6. The third kappa shape index (κ3) is 4.69. The van der Waals surface area contributed by atoms with E-state index in [0.29, 0.717) is 16.3 Å². The summed E-state index contributed by atoms with van der Waals surface area (Å²) < 4.78 is 17.1. The van der Waals surface area contributed by atoms with Gasteiger partial charge in [0.1, 0.15) is 16.4 Å². The molecule has 0 bridgehead atoms. The molecular formula is C26H22N2O4S3. The molecule has 1 amide bonds. The minimum absolute atomic E-state index is 0.149. The summed E-state index contributed by atoms with van der Waals surface area (Å²) in [5.74, 6) is 6.20. The summed E-state index contributed by atoms with van der Waals surface area (Å²) in [6, 6.07) is 13.7. The first kappa shape index (κ1) is 23.5. The number of nitrogens with one attached hydrogen (secondary N) is 1. The number of hydrogen-bond donors (Lipinski definition) is 1. The van der Waals surface area contributed by atoms with Crippen LogP contribution in [-0.4, -0.2) is 23.5 Å². The van der Waals surface area contributed by atoms with Crippen molar-refractivity contribution in [2.45, 2.75) is 38.2 Å². The summed E-state index contributed by atoms with van der Waals surface area (Å²) in [4.78, 5) is 27.3. The maximum absolute atomic E-state index is 12.5. The number of aromatic nitrogens is 1.